The fourth-order valence-electron chi connectivity index (χ4n) is 3.21. The molecule has 2 aromatic carbocycles. The van der Waals surface area contributed by atoms with Gasteiger partial charge in [-0.15, -0.1) is 0 Å². The maximum atomic E-state index is 12.3. The molecule has 0 aliphatic rings. The van der Waals surface area contributed by atoms with Crippen molar-refractivity contribution in [2.45, 2.75) is 67.7 Å². The molecule has 0 saturated carbocycles. The van der Waals surface area contributed by atoms with Gasteiger partial charge in [-0.2, -0.15) is 0 Å². The summed E-state index contributed by atoms with van der Waals surface area (Å²) in [5.41, 5.74) is 3.99. The van der Waals surface area contributed by atoms with E-state index in [1.807, 2.05) is 95.3 Å². The number of carbonyl (C=O) groups excluding carboxylic acids is 1. The Kier molecular flexibility index (Phi) is 20.6. The van der Waals surface area contributed by atoms with E-state index in [4.69, 9.17) is 10.8 Å². The lowest BCUT2D eigenvalue weighted by atomic mass is 10.1. The van der Waals surface area contributed by atoms with Gasteiger partial charge in [0, 0.05) is 19.2 Å². The lowest BCUT2D eigenvalue weighted by Crippen LogP contribution is -2.44. The van der Waals surface area contributed by atoms with E-state index in [0.29, 0.717) is 30.9 Å². The van der Waals surface area contributed by atoms with Crippen LogP contribution in [0.3, 0.4) is 0 Å². The zero-order valence-electron chi connectivity index (χ0n) is 25.5. The predicted octanol–water partition coefficient (Wildman–Crippen LogP) is 7.97. The lowest BCUT2D eigenvalue weighted by molar-refractivity contribution is 0.0953. The van der Waals surface area contributed by atoms with Gasteiger partial charge in [0.05, 0.1) is 6.54 Å². The lowest BCUT2D eigenvalue weighted by Gasteiger charge is -2.26. The molecule has 0 unspecified atom stereocenters. The van der Waals surface area contributed by atoms with E-state index < -0.39 is 0 Å². The average Bonchev–Trinajstić information content (AvgIpc) is 3.02. The van der Waals surface area contributed by atoms with Gasteiger partial charge < -0.3 is 10.2 Å². The molecule has 0 atom stereocenters. The molecule has 0 bridgehead atoms. The number of amidine groups is 2. The number of rotatable bonds is 9. The molecule has 6 heteroatoms. The van der Waals surface area contributed by atoms with Crippen molar-refractivity contribution >= 4 is 17.6 Å². The van der Waals surface area contributed by atoms with Crippen LogP contribution in [0.1, 0.15) is 76.5 Å². The topological polar surface area (TPSA) is 92.9 Å². The van der Waals surface area contributed by atoms with Gasteiger partial charge in [0.2, 0.25) is 0 Å². The summed E-state index contributed by atoms with van der Waals surface area (Å²) in [6.45, 7) is 14.8. The molecule has 6 nitrogen and oxygen atoms in total. The first-order chi connectivity index (χ1) is 19.4. The van der Waals surface area contributed by atoms with E-state index in [1.165, 1.54) is 5.57 Å². The Labute approximate surface area is 242 Å². The van der Waals surface area contributed by atoms with Crippen molar-refractivity contribution < 1.29 is 4.79 Å². The second-order valence-corrected chi connectivity index (χ2v) is 8.53. The van der Waals surface area contributed by atoms with Crippen molar-refractivity contribution in [3.8, 4) is 0 Å². The average molecular weight is 544 g/mol. The van der Waals surface area contributed by atoms with Crippen molar-refractivity contribution in [1.82, 2.24) is 15.2 Å². The summed E-state index contributed by atoms with van der Waals surface area (Å²) in [5, 5.41) is 19.9. The van der Waals surface area contributed by atoms with Gasteiger partial charge >= 0.3 is 0 Å². The van der Waals surface area contributed by atoms with Crippen molar-refractivity contribution in [3.05, 3.63) is 114 Å². The summed E-state index contributed by atoms with van der Waals surface area (Å²) >= 11 is 0. The molecule has 3 aromatic rings. The number of benzene rings is 2. The van der Waals surface area contributed by atoms with Crippen molar-refractivity contribution in [2.24, 2.45) is 0 Å². The van der Waals surface area contributed by atoms with Crippen molar-refractivity contribution in [3.63, 3.8) is 0 Å². The Morgan fingerprint density at radius 3 is 1.77 bits per heavy atom. The number of nitrogens with zero attached hydrogens (tertiary/aromatic N) is 2. The molecule has 0 radical (unpaired) electrons. The Balaban J connectivity index is 0.00000150. The summed E-state index contributed by atoms with van der Waals surface area (Å²) in [7, 11) is 0. The molecule has 216 valence electrons. The molecule has 3 rings (SSSR count). The molecule has 1 amide bonds. The molecular weight excluding hydrogens is 494 g/mol. The third-order valence-electron chi connectivity index (χ3n) is 5.50. The Morgan fingerprint density at radius 1 is 0.800 bits per heavy atom. The van der Waals surface area contributed by atoms with Gasteiger partial charge in [0.15, 0.2) is 0 Å². The van der Waals surface area contributed by atoms with Crippen LogP contribution in [0.15, 0.2) is 96.7 Å². The first-order valence-corrected chi connectivity index (χ1v) is 14.2. The van der Waals surface area contributed by atoms with E-state index in [2.05, 4.69) is 30.2 Å². The fraction of sp³-hybridized carbons (Fsp3) is 0.353. The van der Waals surface area contributed by atoms with Crippen LogP contribution in [0.2, 0.25) is 0 Å². The van der Waals surface area contributed by atoms with Crippen LogP contribution in [-0.4, -0.2) is 40.6 Å². The van der Waals surface area contributed by atoms with Gasteiger partial charge in [-0.25, -0.2) is 0 Å². The Bertz CT molecular complexity index is 1110. The highest BCUT2D eigenvalue weighted by molar-refractivity contribution is 6.01. The predicted molar refractivity (Wildman–Crippen MR) is 171 cm³/mol. The van der Waals surface area contributed by atoms with E-state index in [9.17, 15) is 4.79 Å². The van der Waals surface area contributed by atoms with Crippen LogP contribution in [0, 0.1) is 10.8 Å². The quantitative estimate of drug-likeness (QED) is 0.145. The van der Waals surface area contributed by atoms with Crippen molar-refractivity contribution in [2.75, 3.05) is 13.1 Å². The molecule has 1 heterocycles. The largest absolute Gasteiger partial charge is 0.343 e. The van der Waals surface area contributed by atoms with E-state index >= 15 is 0 Å². The maximum Gasteiger partial charge on any atom is 0.270 e. The third-order valence-corrected chi connectivity index (χ3v) is 5.50. The smallest absolute Gasteiger partial charge is 0.270 e. The minimum Gasteiger partial charge on any atom is -0.343 e. The first-order valence-electron chi connectivity index (χ1n) is 14.2. The summed E-state index contributed by atoms with van der Waals surface area (Å²) in [5.74, 6) is 0.235. The van der Waals surface area contributed by atoms with Crippen molar-refractivity contribution in [1.29, 1.82) is 10.8 Å². The summed E-state index contributed by atoms with van der Waals surface area (Å²) in [4.78, 5) is 18.0. The Morgan fingerprint density at radius 2 is 1.30 bits per heavy atom. The molecule has 3 N–H and O–H groups in total. The van der Waals surface area contributed by atoms with Crippen LogP contribution >= 0.6 is 0 Å². The second kappa shape index (κ2) is 22.9. The number of pyridine rings is 1. The monoisotopic (exact) mass is 543 g/mol. The van der Waals surface area contributed by atoms with Gasteiger partial charge in [-0.05, 0) is 56.9 Å². The van der Waals surface area contributed by atoms with Gasteiger partial charge in [-0.1, -0.05) is 106 Å². The minimum absolute atomic E-state index is 0.0396. The highest BCUT2D eigenvalue weighted by atomic mass is 16.1. The number of carbonyl (C=O) groups is 1. The van der Waals surface area contributed by atoms with Gasteiger partial charge in [0.1, 0.15) is 17.4 Å². The van der Waals surface area contributed by atoms with Gasteiger partial charge in [-0.3, -0.25) is 20.6 Å². The van der Waals surface area contributed by atoms with Crippen LogP contribution in [0.5, 0.6) is 0 Å². The van der Waals surface area contributed by atoms with Crippen LogP contribution < -0.4 is 5.32 Å². The standard InChI is InChI=1S/C25H27N5O.C5H10.2C2H6/c26-23(15-14-20-9-3-1-4-10-20)30(18-16-21-11-5-2-6-12-21)24(27)19-29-25(31)22-13-7-8-17-28-22;1-4-5(2)3;2*1-2/h1-13,17,26-27H,14-16,18-19H2,(H,29,31);4H,1-3H3;2*1-2H3. The minimum atomic E-state index is -0.329. The van der Waals surface area contributed by atoms with E-state index in [0.717, 1.165) is 17.5 Å². The number of amides is 1. The van der Waals surface area contributed by atoms with Gasteiger partial charge in [0.25, 0.3) is 5.91 Å². The highest BCUT2D eigenvalue weighted by Gasteiger charge is 2.17. The summed E-state index contributed by atoms with van der Waals surface area (Å²) in [6.07, 6.45) is 5.61. The zero-order chi connectivity index (χ0) is 30.2. The molecule has 40 heavy (non-hydrogen) atoms. The number of nitrogens with one attached hydrogen (secondary N) is 3. The SMILES string of the molecule is CC.CC.CC=C(C)C.N=C(CCc1ccccc1)N(CCc1ccccc1)C(=N)CNC(=O)c1ccccn1. The zero-order valence-corrected chi connectivity index (χ0v) is 25.5. The highest BCUT2D eigenvalue weighted by Crippen LogP contribution is 2.08. The molecule has 0 aliphatic heterocycles. The van der Waals surface area contributed by atoms with E-state index in [-0.39, 0.29) is 18.3 Å². The molecule has 0 fully saturated rings. The number of aryl methyl sites for hydroxylation is 1. The number of aromatic nitrogens is 1. The molecule has 0 spiro atoms. The number of hydrogen-bond acceptors (Lipinski definition) is 4. The maximum absolute atomic E-state index is 12.3. The molecule has 0 aliphatic carbocycles. The summed E-state index contributed by atoms with van der Waals surface area (Å²) < 4.78 is 0. The van der Waals surface area contributed by atoms with E-state index in [1.54, 1.807) is 29.3 Å². The fourth-order valence-corrected chi connectivity index (χ4v) is 3.21. The third kappa shape index (κ3) is 15.4. The molecular formula is C34H49N5O. The second-order valence-electron chi connectivity index (χ2n) is 8.53. The van der Waals surface area contributed by atoms with Crippen LogP contribution in [-0.2, 0) is 12.8 Å². The molecule has 0 saturated heterocycles. The normalized spacial score (nSPS) is 9.18. The summed E-state index contributed by atoms with van der Waals surface area (Å²) in [6, 6.07) is 25.2. The first kappa shape index (κ1) is 35.9. The van der Waals surface area contributed by atoms with Crippen LogP contribution in [0.25, 0.3) is 0 Å². The molecule has 1 aromatic heterocycles. The Hall–Kier alpha value is -4.06. The van der Waals surface area contributed by atoms with Crippen LogP contribution in [0.4, 0.5) is 0 Å². The number of hydrogen-bond donors (Lipinski definition) is 3. The number of allylic oxidation sites excluding steroid dienone is 2.